The number of carboxylic acid groups (broad SMARTS) is 1. The molecule has 11 heteroatoms. The van der Waals surface area contributed by atoms with E-state index >= 15 is 0 Å². The van der Waals surface area contributed by atoms with E-state index in [4.69, 9.17) is 17.3 Å². The Bertz CT molecular complexity index is 1080. The van der Waals surface area contributed by atoms with E-state index < -0.39 is 28.4 Å². The number of carbonyl (C=O) groups is 3. The summed E-state index contributed by atoms with van der Waals surface area (Å²) in [6, 6.07) is 11.2. The van der Waals surface area contributed by atoms with E-state index in [-0.39, 0.29) is 20.4 Å². The lowest BCUT2D eigenvalue weighted by Gasteiger charge is -2.15. The van der Waals surface area contributed by atoms with Gasteiger partial charge in [-0.2, -0.15) is 5.01 Å². The van der Waals surface area contributed by atoms with Crippen LogP contribution in [0.15, 0.2) is 53.4 Å². The number of thiocarbonyl (C=S) groups is 1. The molecule has 1 fully saturated rings. The number of amides is 2. The molecule has 2 N–H and O–H groups in total. The maximum Gasteiger partial charge on any atom is 0.335 e. The highest BCUT2D eigenvalue weighted by Gasteiger charge is 2.34. The third kappa shape index (κ3) is 4.31. The molecule has 1 aliphatic heterocycles. The number of benzene rings is 2. The van der Waals surface area contributed by atoms with Gasteiger partial charge < -0.3 is 5.11 Å². The average molecular weight is 429 g/mol. The zero-order chi connectivity index (χ0) is 21.1. The van der Waals surface area contributed by atoms with Gasteiger partial charge in [0.05, 0.1) is 15.4 Å². The molecule has 0 saturated carbocycles. The summed E-state index contributed by atoms with van der Waals surface area (Å²) in [6.45, 7) is 0. The van der Waals surface area contributed by atoms with Gasteiger partial charge in [0.15, 0.2) is 4.32 Å². The number of aromatic carboxylic acids is 1. The van der Waals surface area contributed by atoms with Gasteiger partial charge in [-0.1, -0.05) is 36.0 Å². The van der Waals surface area contributed by atoms with Crippen molar-refractivity contribution in [2.24, 2.45) is 0 Å². The molecular weight excluding hydrogens is 418 g/mol. The maximum atomic E-state index is 12.6. The van der Waals surface area contributed by atoms with Gasteiger partial charge in [-0.05, 0) is 42.1 Å². The highest BCUT2D eigenvalue weighted by atomic mass is 32.2. The van der Waals surface area contributed by atoms with Crippen LogP contribution in [-0.4, -0.2) is 37.1 Å². The Kier molecular flexibility index (Phi) is 5.71. The van der Waals surface area contributed by atoms with Crippen molar-refractivity contribution in [2.45, 2.75) is 0 Å². The Hall–Kier alpha value is -3.57. The molecular formula is C18H11N3O6S2. The molecule has 3 rings (SSSR count). The fraction of sp³-hybridized carbons (Fsp3) is 0. The van der Waals surface area contributed by atoms with E-state index in [1.165, 1.54) is 54.6 Å². The Morgan fingerprint density at radius 1 is 1.17 bits per heavy atom. The Labute approximate surface area is 173 Å². The molecule has 2 amide bonds. The first kappa shape index (κ1) is 20.2. The van der Waals surface area contributed by atoms with Crippen LogP contribution in [0.25, 0.3) is 6.08 Å². The lowest BCUT2D eigenvalue weighted by molar-refractivity contribution is -0.385. The highest BCUT2D eigenvalue weighted by molar-refractivity contribution is 8.26. The molecule has 0 bridgehead atoms. The van der Waals surface area contributed by atoms with Crippen molar-refractivity contribution in [1.29, 1.82) is 0 Å². The zero-order valence-electron chi connectivity index (χ0n) is 14.4. The van der Waals surface area contributed by atoms with Gasteiger partial charge in [0, 0.05) is 6.07 Å². The van der Waals surface area contributed by atoms with Crippen LogP contribution in [0.5, 0.6) is 0 Å². The number of nitrogens with one attached hydrogen (secondary N) is 1. The summed E-state index contributed by atoms with van der Waals surface area (Å²) in [4.78, 5) is 46.5. The molecule has 0 unspecified atom stereocenters. The van der Waals surface area contributed by atoms with Crippen molar-refractivity contribution < 1.29 is 24.4 Å². The van der Waals surface area contributed by atoms with Crippen LogP contribution in [0.4, 0.5) is 5.69 Å². The van der Waals surface area contributed by atoms with Gasteiger partial charge in [0.1, 0.15) is 5.56 Å². The van der Waals surface area contributed by atoms with Crippen LogP contribution in [0.3, 0.4) is 0 Å². The van der Waals surface area contributed by atoms with E-state index in [2.05, 4.69) is 5.43 Å². The number of nitrogens with zero attached hydrogens (tertiary/aromatic N) is 2. The molecule has 2 aromatic rings. The fourth-order valence-electron chi connectivity index (χ4n) is 2.42. The van der Waals surface area contributed by atoms with Crippen molar-refractivity contribution in [3.63, 3.8) is 0 Å². The number of nitro groups is 1. The summed E-state index contributed by atoms with van der Waals surface area (Å²) in [5.41, 5.74) is 2.36. The normalized spacial score (nSPS) is 14.9. The minimum atomic E-state index is -1.07. The predicted octanol–water partition coefficient (Wildman–Crippen LogP) is 2.84. The van der Waals surface area contributed by atoms with Gasteiger partial charge in [0.2, 0.25) is 0 Å². The van der Waals surface area contributed by atoms with Crippen LogP contribution >= 0.6 is 24.0 Å². The van der Waals surface area contributed by atoms with Gasteiger partial charge in [-0.3, -0.25) is 25.1 Å². The van der Waals surface area contributed by atoms with E-state index in [0.29, 0.717) is 5.56 Å². The van der Waals surface area contributed by atoms with Gasteiger partial charge >= 0.3 is 5.97 Å². The Morgan fingerprint density at radius 3 is 2.45 bits per heavy atom. The number of thioether (sulfide) groups is 1. The average Bonchev–Trinajstić information content (AvgIpc) is 2.95. The van der Waals surface area contributed by atoms with Crippen molar-refractivity contribution in [3.8, 4) is 0 Å². The molecule has 9 nitrogen and oxygen atoms in total. The number of hydrazine groups is 1. The number of para-hydroxylation sites is 1. The number of carbonyl (C=O) groups excluding carboxylic acids is 2. The Balaban J connectivity index is 1.80. The summed E-state index contributed by atoms with van der Waals surface area (Å²) in [5, 5.41) is 20.8. The van der Waals surface area contributed by atoms with Gasteiger partial charge in [0.25, 0.3) is 17.5 Å². The SMILES string of the molecule is O=C(O)c1ccc(/C=C2/SC(=S)N(NC(=O)c3ccccc3[N+](=O)[O-])C2=O)cc1. The van der Waals surface area contributed by atoms with E-state index in [1.54, 1.807) is 0 Å². The lowest BCUT2D eigenvalue weighted by atomic mass is 10.1. The molecule has 1 heterocycles. The smallest absolute Gasteiger partial charge is 0.335 e. The molecule has 0 atom stereocenters. The second-order valence-corrected chi connectivity index (χ2v) is 7.34. The number of hydrogen-bond acceptors (Lipinski definition) is 7. The summed E-state index contributed by atoms with van der Waals surface area (Å²) in [6.07, 6.45) is 1.50. The van der Waals surface area contributed by atoms with Crippen LogP contribution < -0.4 is 5.43 Å². The van der Waals surface area contributed by atoms with Crippen molar-refractivity contribution in [1.82, 2.24) is 10.4 Å². The standard InChI is InChI=1S/C18H11N3O6S2/c22-15(12-3-1-2-4-13(12)21(26)27)19-20-16(23)14(29-18(20)28)9-10-5-7-11(8-6-10)17(24)25/h1-9H,(H,19,22)(H,24,25)/b14-9+. The first-order valence-electron chi connectivity index (χ1n) is 7.93. The Morgan fingerprint density at radius 2 is 1.83 bits per heavy atom. The molecule has 0 radical (unpaired) electrons. The maximum absolute atomic E-state index is 12.6. The van der Waals surface area contributed by atoms with Crippen LogP contribution in [-0.2, 0) is 4.79 Å². The number of nitro benzene ring substituents is 1. The lowest BCUT2D eigenvalue weighted by Crippen LogP contribution is -2.45. The number of rotatable bonds is 5. The molecule has 1 saturated heterocycles. The molecule has 0 spiro atoms. The summed E-state index contributed by atoms with van der Waals surface area (Å²) in [5.74, 6) is -2.52. The second kappa shape index (κ2) is 8.20. The molecule has 1 aliphatic rings. The van der Waals surface area contributed by atoms with Crippen LogP contribution in [0.2, 0.25) is 0 Å². The van der Waals surface area contributed by atoms with Crippen LogP contribution in [0, 0.1) is 10.1 Å². The summed E-state index contributed by atoms with van der Waals surface area (Å²) >= 11 is 6.06. The zero-order valence-corrected chi connectivity index (χ0v) is 16.0. The monoisotopic (exact) mass is 429 g/mol. The molecule has 2 aromatic carbocycles. The van der Waals surface area contributed by atoms with Gasteiger partial charge in [-0.25, -0.2) is 4.79 Å². The third-order valence-electron chi connectivity index (χ3n) is 3.81. The van der Waals surface area contributed by atoms with Gasteiger partial charge in [-0.15, -0.1) is 0 Å². The minimum absolute atomic E-state index is 0.0512. The topological polar surface area (TPSA) is 130 Å². The van der Waals surface area contributed by atoms with Crippen LogP contribution in [0.1, 0.15) is 26.3 Å². The minimum Gasteiger partial charge on any atom is -0.478 e. The molecule has 0 aromatic heterocycles. The highest BCUT2D eigenvalue weighted by Crippen LogP contribution is 2.31. The number of carboxylic acids is 1. The van der Waals surface area contributed by atoms with Crippen molar-refractivity contribution >= 4 is 57.8 Å². The summed E-state index contributed by atoms with van der Waals surface area (Å²) < 4.78 is 0.0512. The molecule has 0 aliphatic carbocycles. The van der Waals surface area contributed by atoms with E-state index in [9.17, 15) is 24.5 Å². The molecule has 29 heavy (non-hydrogen) atoms. The number of hydrogen-bond donors (Lipinski definition) is 2. The quantitative estimate of drug-likeness (QED) is 0.321. The predicted molar refractivity (Wildman–Crippen MR) is 109 cm³/mol. The largest absolute Gasteiger partial charge is 0.478 e. The first-order valence-corrected chi connectivity index (χ1v) is 9.16. The van der Waals surface area contributed by atoms with E-state index in [0.717, 1.165) is 16.8 Å². The molecule has 146 valence electrons. The third-order valence-corrected chi connectivity index (χ3v) is 5.11. The summed E-state index contributed by atoms with van der Waals surface area (Å²) in [7, 11) is 0. The second-order valence-electron chi connectivity index (χ2n) is 5.66. The van der Waals surface area contributed by atoms with Crippen molar-refractivity contribution in [3.05, 3.63) is 80.2 Å². The fourth-order valence-corrected chi connectivity index (χ4v) is 3.60. The first-order chi connectivity index (χ1) is 13.8. The van der Waals surface area contributed by atoms with Crippen molar-refractivity contribution in [2.75, 3.05) is 0 Å². The van der Waals surface area contributed by atoms with E-state index in [1.807, 2.05) is 0 Å².